The lowest BCUT2D eigenvalue weighted by molar-refractivity contribution is -0.142. The van der Waals surface area contributed by atoms with Crippen molar-refractivity contribution in [1.29, 1.82) is 0 Å². The van der Waals surface area contributed by atoms with Crippen molar-refractivity contribution in [3.05, 3.63) is 29.7 Å². The van der Waals surface area contributed by atoms with Gasteiger partial charge in [-0.15, -0.1) is 0 Å². The predicted octanol–water partition coefficient (Wildman–Crippen LogP) is 1.62. The van der Waals surface area contributed by atoms with Crippen molar-refractivity contribution >= 4 is 17.3 Å². The van der Waals surface area contributed by atoms with Gasteiger partial charge in [0.05, 0.1) is 24.4 Å². The van der Waals surface area contributed by atoms with Crippen molar-refractivity contribution in [3.63, 3.8) is 0 Å². The molecule has 2 N–H and O–H groups in total. The lowest BCUT2D eigenvalue weighted by atomic mass is 10.2. The zero-order valence-electron chi connectivity index (χ0n) is 12.9. The third-order valence-electron chi connectivity index (χ3n) is 4.01. The number of carbonyl (C=O) groups is 1. The van der Waals surface area contributed by atoms with E-state index in [4.69, 9.17) is 10.5 Å². The number of carbonyl (C=O) groups excluding carboxylic acids is 1. The number of anilines is 1. The molecule has 0 unspecified atom stereocenters. The Morgan fingerprint density at radius 2 is 2.14 bits per heavy atom. The number of hydrogen-bond acceptors (Lipinski definition) is 5. The first-order valence-corrected chi connectivity index (χ1v) is 7.80. The summed E-state index contributed by atoms with van der Waals surface area (Å²) in [4.78, 5) is 18.8. The van der Waals surface area contributed by atoms with Crippen LogP contribution in [-0.2, 0) is 22.5 Å². The Bertz CT molecular complexity index is 674. The molecular formula is C16H22N4O2. The second-order valence-electron chi connectivity index (χ2n) is 5.66. The summed E-state index contributed by atoms with van der Waals surface area (Å²) in [6.45, 7) is 5.18. The molecule has 1 saturated heterocycles. The normalized spacial score (nSPS) is 15.5. The van der Waals surface area contributed by atoms with Gasteiger partial charge in [-0.1, -0.05) is 0 Å². The van der Waals surface area contributed by atoms with Crippen LogP contribution in [0.1, 0.15) is 31.2 Å². The minimum Gasteiger partial charge on any atom is -0.466 e. The van der Waals surface area contributed by atoms with Crippen LogP contribution in [0.4, 0.5) is 5.69 Å². The summed E-state index contributed by atoms with van der Waals surface area (Å²) in [5.74, 6) is -0.235. The molecule has 22 heavy (non-hydrogen) atoms. The molecular weight excluding hydrogens is 280 g/mol. The molecule has 118 valence electrons. The van der Waals surface area contributed by atoms with Crippen LogP contribution in [0.25, 0.3) is 5.65 Å². The SMILES string of the molecule is CCOC(=O)Cc1nc2ccc(N)cn2c1CN1CCCC1. The molecule has 1 aliphatic heterocycles. The molecule has 3 heterocycles. The highest BCUT2D eigenvalue weighted by molar-refractivity contribution is 5.73. The van der Waals surface area contributed by atoms with Crippen molar-refractivity contribution in [1.82, 2.24) is 14.3 Å². The van der Waals surface area contributed by atoms with Crippen LogP contribution in [0.3, 0.4) is 0 Å². The molecule has 0 aliphatic carbocycles. The zero-order chi connectivity index (χ0) is 15.5. The second-order valence-corrected chi connectivity index (χ2v) is 5.66. The molecule has 1 fully saturated rings. The van der Waals surface area contributed by atoms with Crippen molar-refractivity contribution in [2.75, 3.05) is 25.4 Å². The van der Waals surface area contributed by atoms with Gasteiger partial charge in [-0.25, -0.2) is 4.98 Å². The summed E-state index contributed by atoms with van der Waals surface area (Å²) in [7, 11) is 0. The minimum atomic E-state index is -0.235. The number of aromatic nitrogens is 2. The molecule has 0 aromatic carbocycles. The Balaban J connectivity index is 1.95. The van der Waals surface area contributed by atoms with Crippen molar-refractivity contribution in [2.45, 2.75) is 32.7 Å². The fourth-order valence-corrected chi connectivity index (χ4v) is 2.97. The third kappa shape index (κ3) is 3.06. The number of ether oxygens (including phenoxy) is 1. The summed E-state index contributed by atoms with van der Waals surface area (Å²) < 4.78 is 7.07. The molecule has 2 aromatic rings. The van der Waals surface area contributed by atoms with Gasteiger partial charge < -0.3 is 14.9 Å². The van der Waals surface area contributed by atoms with Gasteiger partial charge in [-0.3, -0.25) is 9.69 Å². The smallest absolute Gasteiger partial charge is 0.311 e. The van der Waals surface area contributed by atoms with Crippen LogP contribution in [0.2, 0.25) is 0 Å². The summed E-state index contributed by atoms with van der Waals surface area (Å²) in [5, 5.41) is 0. The highest BCUT2D eigenvalue weighted by atomic mass is 16.5. The van der Waals surface area contributed by atoms with Gasteiger partial charge >= 0.3 is 5.97 Å². The Morgan fingerprint density at radius 3 is 2.86 bits per heavy atom. The average molecular weight is 302 g/mol. The number of fused-ring (bicyclic) bond motifs is 1. The predicted molar refractivity (Wildman–Crippen MR) is 84.5 cm³/mol. The quantitative estimate of drug-likeness (QED) is 0.850. The summed E-state index contributed by atoms with van der Waals surface area (Å²) >= 11 is 0. The maximum atomic E-state index is 11.8. The summed E-state index contributed by atoms with van der Waals surface area (Å²) in [6.07, 6.45) is 4.54. The van der Waals surface area contributed by atoms with E-state index in [1.54, 1.807) is 0 Å². The fraction of sp³-hybridized carbons (Fsp3) is 0.500. The Morgan fingerprint density at radius 1 is 1.36 bits per heavy atom. The summed E-state index contributed by atoms with van der Waals surface area (Å²) in [6, 6.07) is 3.72. The summed E-state index contributed by atoms with van der Waals surface area (Å²) in [5.41, 5.74) is 9.24. The van der Waals surface area contributed by atoms with E-state index in [1.165, 1.54) is 12.8 Å². The number of nitrogen functional groups attached to an aromatic ring is 1. The third-order valence-corrected chi connectivity index (χ3v) is 4.01. The number of imidazole rings is 1. The van der Waals surface area contributed by atoms with Crippen LogP contribution in [-0.4, -0.2) is 40.0 Å². The number of rotatable bonds is 5. The molecule has 0 saturated carbocycles. The number of esters is 1. The van der Waals surface area contributed by atoms with Crippen LogP contribution in [0.5, 0.6) is 0 Å². The van der Waals surface area contributed by atoms with Crippen LogP contribution in [0, 0.1) is 0 Å². The van der Waals surface area contributed by atoms with Gasteiger partial charge in [0.25, 0.3) is 0 Å². The van der Waals surface area contributed by atoms with Gasteiger partial charge in [-0.2, -0.15) is 0 Å². The minimum absolute atomic E-state index is 0.207. The first-order chi connectivity index (χ1) is 10.7. The van der Waals surface area contributed by atoms with Crippen LogP contribution < -0.4 is 5.73 Å². The second kappa shape index (κ2) is 6.36. The maximum absolute atomic E-state index is 11.8. The van der Waals surface area contributed by atoms with Crippen LogP contribution >= 0.6 is 0 Å². The number of hydrogen-bond donors (Lipinski definition) is 1. The Kier molecular flexibility index (Phi) is 4.29. The molecule has 1 aliphatic rings. The highest BCUT2D eigenvalue weighted by Gasteiger charge is 2.20. The van der Waals surface area contributed by atoms with Gasteiger partial charge in [-0.05, 0) is 45.0 Å². The lowest BCUT2D eigenvalue weighted by Crippen LogP contribution is -2.21. The van der Waals surface area contributed by atoms with Crippen molar-refractivity contribution in [3.8, 4) is 0 Å². The van der Waals surface area contributed by atoms with Crippen molar-refractivity contribution < 1.29 is 9.53 Å². The van der Waals surface area contributed by atoms with E-state index in [1.807, 2.05) is 29.7 Å². The number of nitrogens with zero attached hydrogens (tertiary/aromatic N) is 3. The van der Waals surface area contributed by atoms with E-state index in [0.29, 0.717) is 12.3 Å². The van der Waals surface area contributed by atoms with Crippen molar-refractivity contribution in [2.24, 2.45) is 0 Å². The van der Waals surface area contributed by atoms with E-state index in [9.17, 15) is 4.79 Å². The largest absolute Gasteiger partial charge is 0.466 e. The molecule has 2 aromatic heterocycles. The Hall–Kier alpha value is -2.08. The van der Waals surface area contributed by atoms with Crippen LogP contribution in [0.15, 0.2) is 18.3 Å². The maximum Gasteiger partial charge on any atom is 0.311 e. The van der Waals surface area contributed by atoms with Gasteiger partial charge in [0.1, 0.15) is 5.65 Å². The monoisotopic (exact) mass is 302 g/mol. The fourth-order valence-electron chi connectivity index (χ4n) is 2.97. The highest BCUT2D eigenvalue weighted by Crippen LogP contribution is 2.20. The van der Waals surface area contributed by atoms with Gasteiger partial charge in [0.15, 0.2) is 0 Å². The molecule has 3 rings (SSSR count). The zero-order valence-corrected chi connectivity index (χ0v) is 12.9. The van der Waals surface area contributed by atoms with Gasteiger partial charge in [0, 0.05) is 18.4 Å². The van der Waals surface area contributed by atoms with E-state index in [-0.39, 0.29) is 12.4 Å². The molecule has 0 spiro atoms. The molecule has 0 amide bonds. The van der Waals surface area contributed by atoms with E-state index in [0.717, 1.165) is 36.7 Å². The molecule has 6 nitrogen and oxygen atoms in total. The Labute approximate surface area is 129 Å². The number of likely N-dealkylation sites (tertiary alicyclic amines) is 1. The molecule has 0 atom stereocenters. The number of nitrogens with two attached hydrogens (primary N) is 1. The lowest BCUT2D eigenvalue weighted by Gasteiger charge is -2.15. The molecule has 6 heteroatoms. The van der Waals surface area contributed by atoms with E-state index >= 15 is 0 Å². The van der Waals surface area contributed by atoms with Gasteiger partial charge in [0.2, 0.25) is 0 Å². The van der Waals surface area contributed by atoms with E-state index < -0.39 is 0 Å². The molecule has 0 radical (unpaired) electrons. The first-order valence-electron chi connectivity index (χ1n) is 7.80. The first kappa shape index (κ1) is 14.8. The molecule has 0 bridgehead atoms. The number of pyridine rings is 1. The standard InChI is InChI=1S/C16H22N4O2/c1-2-22-16(21)9-13-14(11-19-7-3-4-8-19)20-10-12(17)5-6-15(20)18-13/h5-6,10H,2-4,7-9,11,17H2,1H3. The average Bonchev–Trinajstić information content (AvgIpc) is 3.09. The van der Waals surface area contributed by atoms with E-state index in [2.05, 4.69) is 9.88 Å². The topological polar surface area (TPSA) is 72.9 Å².